The first-order valence-corrected chi connectivity index (χ1v) is 8.77. The first kappa shape index (κ1) is 22.8. The van der Waals surface area contributed by atoms with E-state index in [1.54, 1.807) is 14.2 Å². The monoisotopic (exact) mass is 478 g/mol. The van der Waals surface area contributed by atoms with Crippen molar-refractivity contribution >= 4 is 29.9 Å². The molecular formula is C18H31IN4O3. The molecule has 7 nitrogen and oxygen atoms in total. The summed E-state index contributed by atoms with van der Waals surface area (Å²) < 4.78 is 10.5. The number of aliphatic hydroxyl groups is 1. The number of ether oxygens (including phenoxy) is 2. The molecule has 0 unspecified atom stereocenters. The lowest BCUT2D eigenvalue weighted by atomic mass is 10.1. The van der Waals surface area contributed by atoms with E-state index in [1.807, 2.05) is 18.2 Å². The highest BCUT2D eigenvalue weighted by molar-refractivity contribution is 14.0. The zero-order valence-corrected chi connectivity index (χ0v) is 17.9. The zero-order valence-electron chi connectivity index (χ0n) is 15.6. The van der Waals surface area contributed by atoms with Gasteiger partial charge in [-0.05, 0) is 43.5 Å². The predicted molar refractivity (Wildman–Crippen MR) is 115 cm³/mol. The molecule has 0 amide bonds. The molecule has 1 heterocycles. The van der Waals surface area contributed by atoms with Gasteiger partial charge in [-0.15, -0.1) is 24.0 Å². The molecule has 1 fully saturated rings. The lowest BCUT2D eigenvalue weighted by molar-refractivity contribution is 0.0823. The maximum Gasteiger partial charge on any atom is 0.188 e. The first-order valence-electron chi connectivity index (χ1n) is 8.77. The Morgan fingerprint density at radius 3 is 2.62 bits per heavy atom. The molecule has 1 saturated heterocycles. The van der Waals surface area contributed by atoms with Crippen LogP contribution in [0.4, 0.5) is 0 Å². The Bertz CT molecular complexity index is 563. The Hall–Kier alpha value is -1.26. The van der Waals surface area contributed by atoms with Crippen molar-refractivity contribution in [1.29, 1.82) is 0 Å². The quantitative estimate of drug-likeness (QED) is 0.228. The number of aliphatic hydroxyl groups excluding tert-OH is 1. The van der Waals surface area contributed by atoms with Gasteiger partial charge >= 0.3 is 0 Å². The van der Waals surface area contributed by atoms with Crippen molar-refractivity contribution in [2.45, 2.75) is 31.9 Å². The van der Waals surface area contributed by atoms with Gasteiger partial charge in [-0.2, -0.15) is 0 Å². The predicted octanol–water partition coefficient (Wildman–Crippen LogP) is 1.57. The summed E-state index contributed by atoms with van der Waals surface area (Å²) in [5, 5.41) is 12.6. The summed E-state index contributed by atoms with van der Waals surface area (Å²) in [5.74, 6) is 1.84. The molecule has 0 aromatic heterocycles. The number of likely N-dealkylation sites (tertiary alicyclic amines) is 1. The number of aliphatic imine (C=N–C) groups is 1. The van der Waals surface area contributed by atoms with E-state index in [0.717, 1.165) is 51.0 Å². The molecule has 0 aliphatic carbocycles. The number of piperidine rings is 1. The Balaban J connectivity index is 0.00000338. The van der Waals surface area contributed by atoms with Crippen LogP contribution in [-0.2, 0) is 6.54 Å². The van der Waals surface area contributed by atoms with Gasteiger partial charge in [0.05, 0.1) is 26.9 Å². The van der Waals surface area contributed by atoms with Gasteiger partial charge in [-0.25, -0.2) is 4.99 Å². The van der Waals surface area contributed by atoms with E-state index >= 15 is 0 Å². The summed E-state index contributed by atoms with van der Waals surface area (Å²) in [6.45, 7) is 4.25. The van der Waals surface area contributed by atoms with Crippen molar-refractivity contribution in [1.82, 2.24) is 10.2 Å². The van der Waals surface area contributed by atoms with Crippen LogP contribution in [0.2, 0.25) is 0 Å². The third kappa shape index (κ3) is 7.55. The summed E-state index contributed by atoms with van der Waals surface area (Å²) in [6, 6.07) is 5.71. The minimum absolute atomic E-state index is 0. The van der Waals surface area contributed by atoms with Gasteiger partial charge in [-0.1, -0.05) is 6.07 Å². The van der Waals surface area contributed by atoms with Crippen molar-refractivity contribution in [3.05, 3.63) is 23.8 Å². The van der Waals surface area contributed by atoms with E-state index in [0.29, 0.717) is 24.0 Å². The van der Waals surface area contributed by atoms with Crippen LogP contribution in [0.25, 0.3) is 0 Å². The second-order valence-electron chi connectivity index (χ2n) is 6.24. The van der Waals surface area contributed by atoms with Crippen LogP contribution < -0.4 is 20.5 Å². The average Bonchev–Trinajstić information content (AvgIpc) is 2.64. The highest BCUT2D eigenvalue weighted by Gasteiger charge is 2.15. The summed E-state index contributed by atoms with van der Waals surface area (Å²) >= 11 is 0. The Labute approximate surface area is 173 Å². The number of rotatable bonds is 8. The number of nitrogens with two attached hydrogens (primary N) is 1. The van der Waals surface area contributed by atoms with E-state index in [1.165, 1.54) is 0 Å². The molecule has 2 rings (SSSR count). The van der Waals surface area contributed by atoms with Gasteiger partial charge in [0.25, 0.3) is 0 Å². The standard InChI is InChI=1S/C18H30N4O3.HI/c1-24-16-5-4-14(12-17(16)25-2)13-21-18(19)20-8-3-9-22-10-6-15(23)7-11-22;/h4-5,12,15,23H,3,6-11,13H2,1-2H3,(H3,19,20,21);1H. The number of methoxy groups -OCH3 is 2. The molecule has 148 valence electrons. The van der Waals surface area contributed by atoms with E-state index in [4.69, 9.17) is 15.2 Å². The van der Waals surface area contributed by atoms with Crippen LogP contribution in [-0.4, -0.2) is 62.5 Å². The van der Waals surface area contributed by atoms with Crippen molar-refractivity contribution in [3.8, 4) is 11.5 Å². The van der Waals surface area contributed by atoms with Crippen LogP contribution in [0.1, 0.15) is 24.8 Å². The highest BCUT2D eigenvalue weighted by atomic mass is 127. The topological polar surface area (TPSA) is 92.3 Å². The number of hydrogen-bond donors (Lipinski definition) is 3. The van der Waals surface area contributed by atoms with Crippen LogP contribution in [0.3, 0.4) is 0 Å². The van der Waals surface area contributed by atoms with Gasteiger partial charge in [0.2, 0.25) is 0 Å². The Morgan fingerprint density at radius 1 is 1.27 bits per heavy atom. The fourth-order valence-corrected chi connectivity index (χ4v) is 2.87. The van der Waals surface area contributed by atoms with E-state index < -0.39 is 0 Å². The third-order valence-corrected chi connectivity index (χ3v) is 4.39. The third-order valence-electron chi connectivity index (χ3n) is 4.39. The fraction of sp³-hybridized carbons (Fsp3) is 0.611. The lowest BCUT2D eigenvalue weighted by Crippen LogP contribution is -2.38. The van der Waals surface area contributed by atoms with Crippen LogP contribution >= 0.6 is 24.0 Å². The lowest BCUT2D eigenvalue weighted by Gasteiger charge is -2.29. The molecule has 0 saturated carbocycles. The molecule has 0 atom stereocenters. The molecule has 26 heavy (non-hydrogen) atoms. The SMILES string of the molecule is COc1ccc(CN=C(N)NCCCN2CCC(O)CC2)cc1OC.I. The molecule has 8 heteroatoms. The Kier molecular flexibility index (Phi) is 10.7. The van der Waals surface area contributed by atoms with E-state index in [9.17, 15) is 5.11 Å². The van der Waals surface area contributed by atoms with Crippen molar-refractivity contribution in [2.75, 3.05) is 40.4 Å². The second kappa shape index (κ2) is 12.2. The molecule has 1 aliphatic rings. The number of nitrogens with zero attached hydrogens (tertiary/aromatic N) is 2. The van der Waals surface area contributed by atoms with Gasteiger partial charge in [0.1, 0.15) is 0 Å². The summed E-state index contributed by atoms with van der Waals surface area (Å²) in [6.07, 6.45) is 2.64. The molecule has 0 spiro atoms. The number of hydrogen-bond acceptors (Lipinski definition) is 5. The molecule has 0 radical (unpaired) electrons. The largest absolute Gasteiger partial charge is 0.493 e. The number of guanidine groups is 1. The average molecular weight is 478 g/mol. The van der Waals surface area contributed by atoms with Crippen molar-refractivity contribution in [3.63, 3.8) is 0 Å². The smallest absolute Gasteiger partial charge is 0.188 e. The minimum Gasteiger partial charge on any atom is -0.493 e. The van der Waals surface area contributed by atoms with Gasteiger partial charge in [-0.3, -0.25) is 0 Å². The van der Waals surface area contributed by atoms with E-state index in [2.05, 4.69) is 15.2 Å². The van der Waals surface area contributed by atoms with Gasteiger partial charge in [0, 0.05) is 19.6 Å². The molecule has 0 bridgehead atoms. The zero-order chi connectivity index (χ0) is 18.1. The molecule has 1 aliphatic heterocycles. The van der Waals surface area contributed by atoms with Crippen LogP contribution in [0.5, 0.6) is 11.5 Å². The maximum atomic E-state index is 9.50. The second-order valence-corrected chi connectivity index (χ2v) is 6.24. The minimum atomic E-state index is -0.117. The highest BCUT2D eigenvalue weighted by Crippen LogP contribution is 2.27. The Morgan fingerprint density at radius 2 is 1.96 bits per heavy atom. The number of benzene rings is 1. The summed E-state index contributed by atoms with van der Waals surface area (Å²) in [7, 11) is 3.23. The van der Waals surface area contributed by atoms with Crippen LogP contribution in [0.15, 0.2) is 23.2 Å². The molecule has 1 aromatic carbocycles. The van der Waals surface area contributed by atoms with Gasteiger partial charge < -0.3 is 30.5 Å². The summed E-state index contributed by atoms with van der Waals surface area (Å²) in [5.41, 5.74) is 6.93. The molecular weight excluding hydrogens is 447 g/mol. The van der Waals surface area contributed by atoms with Crippen molar-refractivity contribution in [2.24, 2.45) is 10.7 Å². The normalized spacial score (nSPS) is 16.0. The van der Waals surface area contributed by atoms with E-state index in [-0.39, 0.29) is 30.1 Å². The summed E-state index contributed by atoms with van der Waals surface area (Å²) in [4.78, 5) is 6.74. The fourth-order valence-electron chi connectivity index (χ4n) is 2.87. The first-order chi connectivity index (χ1) is 12.1. The van der Waals surface area contributed by atoms with Crippen molar-refractivity contribution < 1.29 is 14.6 Å². The molecule has 1 aromatic rings. The number of halogens is 1. The number of nitrogens with one attached hydrogen (secondary N) is 1. The maximum absolute atomic E-state index is 9.50. The van der Waals surface area contributed by atoms with Gasteiger partial charge in [0.15, 0.2) is 17.5 Å². The molecule has 4 N–H and O–H groups in total. The van der Waals surface area contributed by atoms with Crippen LogP contribution in [0, 0.1) is 0 Å².